The summed E-state index contributed by atoms with van der Waals surface area (Å²) in [7, 11) is 0. The summed E-state index contributed by atoms with van der Waals surface area (Å²) in [5.41, 5.74) is 6.02. The van der Waals surface area contributed by atoms with Crippen molar-refractivity contribution < 1.29 is 9.59 Å². The molecular formula is C15H28N2O2. The maximum absolute atomic E-state index is 12.4. The van der Waals surface area contributed by atoms with Crippen LogP contribution in [0.25, 0.3) is 0 Å². The van der Waals surface area contributed by atoms with Crippen molar-refractivity contribution in [2.75, 3.05) is 0 Å². The van der Waals surface area contributed by atoms with Crippen molar-refractivity contribution in [2.24, 2.45) is 17.6 Å². The Morgan fingerprint density at radius 2 is 1.79 bits per heavy atom. The van der Waals surface area contributed by atoms with Crippen LogP contribution < -0.4 is 11.1 Å². The van der Waals surface area contributed by atoms with Crippen molar-refractivity contribution in [1.82, 2.24) is 5.32 Å². The second-order valence-electron chi connectivity index (χ2n) is 6.30. The molecule has 0 saturated heterocycles. The molecule has 2 unspecified atom stereocenters. The summed E-state index contributed by atoms with van der Waals surface area (Å²) in [6, 6.07) is 0. The van der Waals surface area contributed by atoms with Gasteiger partial charge >= 0.3 is 0 Å². The van der Waals surface area contributed by atoms with E-state index in [9.17, 15) is 9.59 Å². The molecule has 0 aromatic rings. The van der Waals surface area contributed by atoms with Gasteiger partial charge in [-0.2, -0.15) is 0 Å². The lowest BCUT2D eigenvalue weighted by Crippen LogP contribution is -2.47. The first-order valence-electron chi connectivity index (χ1n) is 6.84. The highest BCUT2D eigenvalue weighted by Gasteiger charge is 2.33. The zero-order valence-corrected chi connectivity index (χ0v) is 12.9. The first-order chi connectivity index (χ1) is 8.58. The third kappa shape index (κ3) is 6.99. The first kappa shape index (κ1) is 17.7. The Kier molecular flexibility index (Phi) is 6.81. The van der Waals surface area contributed by atoms with Gasteiger partial charge in [0.05, 0.1) is 5.92 Å². The number of carbonyl (C=O) groups excluding carboxylic acids is 2. The van der Waals surface area contributed by atoms with Gasteiger partial charge in [-0.15, -0.1) is 6.58 Å². The summed E-state index contributed by atoms with van der Waals surface area (Å²) in [5.74, 6) is -1.37. The van der Waals surface area contributed by atoms with Crippen LogP contribution in [-0.2, 0) is 9.59 Å². The van der Waals surface area contributed by atoms with E-state index in [2.05, 4.69) is 11.9 Å². The van der Waals surface area contributed by atoms with Gasteiger partial charge in [0.1, 0.15) is 0 Å². The van der Waals surface area contributed by atoms with Crippen molar-refractivity contribution in [1.29, 1.82) is 0 Å². The predicted octanol–water partition coefficient (Wildman–Crippen LogP) is 2.39. The van der Waals surface area contributed by atoms with Crippen molar-refractivity contribution in [3.63, 3.8) is 0 Å². The molecule has 0 aromatic carbocycles. The Hall–Kier alpha value is -1.32. The molecule has 0 aromatic heterocycles. The summed E-state index contributed by atoms with van der Waals surface area (Å²) < 4.78 is 0. The van der Waals surface area contributed by atoms with Crippen LogP contribution in [0, 0.1) is 11.8 Å². The number of allylic oxidation sites excluding steroid dienone is 1. The third-order valence-corrected chi connectivity index (χ3v) is 2.85. The number of hydrogen-bond donors (Lipinski definition) is 2. The van der Waals surface area contributed by atoms with Crippen LogP contribution in [0.4, 0.5) is 0 Å². The van der Waals surface area contributed by atoms with Gasteiger partial charge in [-0.3, -0.25) is 9.59 Å². The number of nitrogens with two attached hydrogens (primary N) is 1. The van der Waals surface area contributed by atoms with Crippen LogP contribution in [0.3, 0.4) is 0 Å². The normalized spacial score (nSPS) is 14.6. The minimum absolute atomic E-state index is 0.118. The number of primary amides is 1. The fourth-order valence-electron chi connectivity index (χ4n) is 2.11. The molecule has 0 aliphatic carbocycles. The van der Waals surface area contributed by atoms with E-state index in [0.717, 1.165) is 12.0 Å². The summed E-state index contributed by atoms with van der Waals surface area (Å²) in [4.78, 5) is 24.0. The number of hydrogen-bond acceptors (Lipinski definition) is 2. The van der Waals surface area contributed by atoms with Crippen LogP contribution in [0.1, 0.15) is 53.9 Å². The molecule has 0 spiro atoms. The number of nitrogens with one attached hydrogen (secondary N) is 1. The SMILES string of the molecule is C=C(C)CC(C(=O)NC(C)(C)C)C(CCC)C(N)=O. The monoisotopic (exact) mass is 268 g/mol. The van der Waals surface area contributed by atoms with Gasteiger partial charge in [0, 0.05) is 11.5 Å². The van der Waals surface area contributed by atoms with Gasteiger partial charge in [0.15, 0.2) is 0 Å². The van der Waals surface area contributed by atoms with Gasteiger partial charge in [-0.25, -0.2) is 0 Å². The van der Waals surface area contributed by atoms with Crippen LogP contribution in [0.2, 0.25) is 0 Å². The van der Waals surface area contributed by atoms with Crippen LogP contribution >= 0.6 is 0 Å². The summed E-state index contributed by atoms with van der Waals surface area (Å²) in [6.45, 7) is 13.4. The minimum atomic E-state index is -0.427. The fraction of sp³-hybridized carbons (Fsp3) is 0.733. The Morgan fingerprint density at radius 1 is 1.26 bits per heavy atom. The second-order valence-corrected chi connectivity index (χ2v) is 6.30. The zero-order valence-electron chi connectivity index (χ0n) is 12.9. The van der Waals surface area contributed by atoms with Gasteiger partial charge < -0.3 is 11.1 Å². The topological polar surface area (TPSA) is 72.2 Å². The van der Waals surface area contributed by atoms with E-state index in [4.69, 9.17) is 5.73 Å². The molecule has 2 atom stereocenters. The maximum atomic E-state index is 12.4. The largest absolute Gasteiger partial charge is 0.369 e. The number of carbonyl (C=O) groups is 2. The molecular weight excluding hydrogens is 240 g/mol. The average molecular weight is 268 g/mol. The van der Waals surface area contributed by atoms with Crippen molar-refractivity contribution in [3.05, 3.63) is 12.2 Å². The molecule has 4 heteroatoms. The molecule has 0 heterocycles. The van der Waals surface area contributed by atoms with Crippen LogP contribution in [-0.4, -0.2) is 17.4 Å². The van der Waals surface area contributed by atoms with E-state index < -0.39 is 17.7 Å². The molecule has 2 amide bonds. The van der Waals surface area contributed by atoms with E-state index in [0.29, 0.717) is 12.8 Å². The Labute approximate surface area is 116 Å². The summed E-state index contributed by atoms with van der Waals surface area (Å²) in [5, 5.41) is 2.93. The van der Waals surface area contributed by atoms with Crippen molar-refractivity contribution >= 4 is 11.8 Å². The second kappa shape index (κ2) is 7.31. The van der Waals surface area contributed by atoms with E-state index >= 15 is 0 Å². The van der Waals surface area contributed by atoms with Crippen molar-refractivity contribution in [3.8, 4) is 0 Å². The molecule has 0 rings (SSSR count). The molecule has 0 fully saturated rings. The third-order valence-electron chi connectivity index (χ3n) is 2.85. The number of rotatable bonds is 7. The lowest BCUT2D eigenvalue weighted by atomic mass is 9.82. The fourth-order valence-corrected chi connectivity index (χ4v) is 2.11. The van der Waals surface area contributed by atoms with Gasteiger partial charge in [-0.1, -0.05) is 18.9 Å². The lowest BCUT2D eigenvalue weighted by Gasteiger charge is -2.28. The van der Waals surface area contributed by atoms with Crippen LogP contribution in [0.5, 0.6) is 0 Å². The molecule has 3 N–H and O–H groups in total. The molecule has 110 valence electrons. The molecule has 0 aliphatic rings. The summed E-state index contributed by atoms with van der Waals surface area (Å²) >= 11 is 0. The Morgan fingerprint density at radius 3 is 2.11 bits per heavy atom. The molecule has 0 aliphatic heterocycles. The minimum Gasteiger partial charge on any atom is -0.369 e. The van der Waals surface area contributed by atoms with Gasteiger partial charge in [-0.05, 0) is 40.5 Å². The van der Waals surface area contributed by atoms with E-state index in [1.54, 1.807) is 0 Å². The number of amides is 2. The first-order valence-corrected chi connectivity index (χ1v) is 6.84. The van der Waals surface area contributed by atoms with Gasteiger partial charge in [0.25, 0.3) is 0 Å². The van der Waals surface area contributed by atoms with Gasteiger partial charge in [0.2, 0.25) is 11.8 Å². The lowest BCUT2D eigenvalue weighted by molar-refractivity contribution is -0.134. The molecule has 0 bridgehead atoms. The zero-order chi connectivity index (χ0) is 15.2. The van der Waals surface area contributed by atoms with E-state index in [1.807, 2.05) is 34.6 Å². The standard InChI is InChI=1S/C15H28N2O2/c1-7-8-11(13(16)18)12(9-10(2)3)14(19)17-15(4,5)6/h11-12H,2,7-9H2,1,3-6H3,(H2,16,18)(H,17,19). The Balaban J connectivity index is 5.11. The average Bonchev–Trinajstić information content (AvgIpc) is 2.19. The summed E-state index contributed by atoms with van der Waals surface area (Å²) in [6.07, 6.45) is 1.95. The van der Waals surface area contributed by atoms with E-state index in [1.165, 1.54) is 0 Å². The van der Waals surface area contributed by atoms with Crippen molar-refractivity contribution in [2.45, 2.75) is 59.4 Å². The predicted molar refractivity (Wildman–Crippen MR) is 78.4 cm³/mol. The highest BCUT2D eigenvalue weighted by atomic mass is 16.2. The molecule has 19 heavy (non-hydrogen) atoms. The Bertz CT molecular complexity index is 343. The molecule has 4 nitrogen and oxygen atoms in total. The smallest absolute Gasteiger partial charge is 0.224 e. The molecule has 0 radical (unpaired) electrons. The van der Waals surface area contributed by atoms with Crippen LogP contribution in [0.15, 0.2) is 12.2 Å². The van der Waals surface area contributed by atoms with E-state index in [-0.39, 0.29) is 11.4 Å². The highest BCUT2D eigenvalue weighted by molar-refractivity contribution is 5.87. The maximum Gasteiger partial charge on any atom is 0.224 e. The quantitative estimate of drug-likeness (QED) is 0.696. The molecule has 0 saturated carbocycles. The highest BCUT2D eigenvalue weighted by Crippen LogP contribution is 2.25.